The van der Waals surface area contributed by atoms with Crippen molar-refractivity contribution < 1.29 is 4.39 Å². The molecule has 0 spiro atoms. The lowest BCUT2D eigenvalue weighted by atomic mass is 10.1. The van der Waals surface area contributed by atoms with Gasteiger partial charge in [0.05, 0.1) is 6.67 Å². The third-order valence-electron chi connectivity index (χ3n) is 4.69. The topological polar surface area (TPSA) is 18.5 Å². The molecule has 3 nitrogen and oxygen atoms in total. The molecular weight excluding hydrogens is 265 g/mol. The van der Waals surface area contributed by atoms with Crippen molar-refractivity contribution in [3.8, 4) is 0 Å². The molecule has 2 fully saturated rings. The van der Waals surface area contributed by atoms with E-state index in [2.05, 4.69) is 40.2 Å². The van der Waals surface area contributed by atoms with Crippen LogP contribution in [0.2, 0.25) is 0 Å². The molecule has 1 aromatic rings. The van der Waals surface area contributed by atoms with Gasteiger partial charge in [0.2, 0.25) is 0 Å². The number of aryl methyl sites for hydroxylation is 1. The Balaban J connectivity index is 1.76. The second kappa shape index (κ2) is 6.75. The molecule has 4 heteroatoms. The summed E-state index contributed by atoms with van der Waals surface area (Å²) in [4.78, 5) is 4.89. The highest BCUT2D eigenvalue weighted by Crippen LogP contribution is 2.29. The van der Waals surface area contributed by atoms with E-state index in [1.54, 1.807) is 0 Å². The summed E-state index contributed by atoms with van der Waals surface area (Å²) in [5, 5.41) is 3.40. The third kappa shape index (κ3) is 3.55. The first kappa shape index (κ1) is 14.8. The predicted molar refractivity (Wildman–Crippen MR) is 85.6 cm³/mol. The van der Waals surface area contributed by atoms with Crippen LogP contribution in [-0.4, -0.2) is 50.8 Å². The van der Waals surface area contributed by atoms with Crippen molar-refractivity contribution in [1.82, 2.24) is 10.2 Å². The summed E-state index contributed by atoms with van der Waals surface area (Å²) in [6.07, 6.45) is 0.984. The molecule has 3 rings (SSSR count). The van der Waals surface area contributed by atoms with Crippen LogP contribution in [0.25, 0.3) is 0 Å². The highest BCUT2D eigenvalue weighted by molar-refractivity contribution is 5.56. The molecule has 116 valence electrons. The number of nitrogens with one attached hydrogen (secondary N) is 1. The molecule has 0 radical (unpaired) electrons. The van der Waals surface area contributed by atoms with Crippen molar-refractivity contribution in [3.05, 3.63) is 29.3 Å². The number of hydrogen-bond acceptors (Lipinski definition) is 3. The normalized spacial score (nSPS) is 23.7. The molecule has 2 aliphatic rings. The maximum absolute atomic E-state index is 12.9. The minimum Gasteiger partial charge on any atom is -0.371 e. The van der Waals surface area contributed by atoms with Gasteiger partial charge in [-0.3, -0.25) is 9.29 Å². The first-order valence-corrected chi connectivity index (χ1v) is 8.10. The first-order valence-electron chi connectivity index (χ1n) is 8.10. The van der Waals surface area contributed by atoms with Crippen molar-refractivity contribution >= 4 is 5.69 Å². The average molecular weight is 291 g/mol. The Labute approximate surface area is 127 Å². The molecule has 0 amide bonds. The zero-order chi connectivity index (χ0) is 14.7. The van der Waals surface area contributed by atoms with Crippen LogP contribution >= 0.6 is 0 Å². The van der Waals surface area contributed by atoms with Crippen LogP contribution in [0.1, 0.15) is 17.5 Å². The molecule has 1 aromatic carbocycles. The zero-order valence-electron chi connectivity index (χ0n) is 12.9. The highest BCUT2D eigenvalue weighted by atomic mass is 19.1. The Morgan fingerprint density at radius 2 is 2.05 bits per heavy atom. The summed E-state index contributed by atoms with van der Waals surface area (Å²) in [6, 6.07) is 6.73. The van der Waals surface area contributed by atoms with Gasteiger partial charge >= 0.3 is 0 Å². The third-order valence-corrected chi connectivity index (χ3v) is 4.69. The summed E-state index contributed by atoms with van der Waals surface area (Å²) in [5.74, 6) is 0.220. The number of hydrogen-bond donors (Lipinski definition) is 1. The molecule has 1 atom stereocenters. The average Bonchev–Trinajstić information content (AvgIpc) is 2.99. The van der Waals surface area contributed by atoms with E-state index in [1.165, 1.54) is 16.8 Å². The number of nitrogens with zero attached hydrogens (tertiary/aromatic N) is 2. The van der Waals surface area contributed by atoms with Crippen molar-refractivity contribution in [2.75, 3.05) is 50.8 Å². The maximum atomic E-state index is 12.9. The summed E-state index contributed by atoms with van der Waals surface area (Å²) in [6.45, 7) is 9.20. The Kier molecular flexibility index (Phi) is 4.76. The largest absolute Gasteiger partial charge is 0.371 e. The minimum atomic E-state index is -0.185. The second-order valence-electron chi connectivity index (χ2n) is 6.41. The van der Waals surface area contributed by atoms with Crippen molar-refractivity contribution in [1.29, 1.82) is 0 Å². The molecule has 2 saturated heterocycles. The van der Waals surface area contributed by atoms with Gasteiger partial charge in [0.25, 0.3) is 0 Å². The van der Waals surface area contributed by atoms with Gasteiger partial charge in [-0.25, -0.2) is 0 Å². The monoisotopic (exact) mass is 291 g/mol. The SMILES string of the molecule is Cc1ccc(CN2CCNCC2)c(N2CC[C@H](CF)C2)c1. The van der Waals surface area contributed by atoms with Crippen LogP contribution in [0.4, 0.5) is 10.1 Å². The summed E-state index contributed by atoms with van der Waals surface area (Å²) >= 11 is 0. The lowest BCUT2D eigenvalue weighted by Gasteiger charge is -2.30. The number of piperazine rings is 1. The summed E-state index contributed by atoms with van der Waals surface area (Å²) in [7, 11) is 0. The molecule has 2 heterocycles. The fourth-order valence-electron chi connectivity index (χ4n) is 3.39. The molecule has 2 aliphatic heterocycles. The lowest BCUT2D eigenvalue weighted by molar-refractivity contribution is 0.233. The Hall–Kier alpha value is -1.13. The van der Waals surface area contributed by atoms with Crippen LogP contribution in [-0.2, 0) is 6.54 Å². The van der Waals surface area contributed by atoms with Gasteiger partial charge in [0, 0.05) is 57.4 Å². The van der Waals surface area contributed by atoms with Crippen molar-refractivity contribution in [2.24, 2.45) is 5.92 Å². The maximum Gasteiger partial charge on any atom is 0.0940 e. The number of anilines is 1. The molecule has 21 heavy (non-hydrogen) atoms. The van der Waals surface area contributed by atoms with Crippen LogP contribution in [0.15, 0.2) is 18.2 Å². The summed E-state index contributed by atoms with van der Waals surface area (Å²) in [5.41, 5.74) is 4.00. The second-order valence-corrected chi connectivity index (χ2v) is 6.41. The number of benzene rings is 1. The molecular formula is C17H26FN3. The quantitative estimate of drug-likeness (QED) is 0.917. The fraction of sp³-hybridized carbons (Fsp3) is 0.647. The number of halogens is 1. The van der Waals surface area contributed by atoms with Gasteiger partial charge in [0.15, 0.2) is 0 Å². The number of alkyl halides is 1. The predicted octanol–water partition coefficient (Wildman–Crippen LogP) is 2.20. The van der Waals surface area contributed by atoms with Gasteiger partial charge in [-0.05, 0) is 30.5 Å². The molecule has 0 aromatic heterocycles. The van der Waals surface area contributed by atoms with E-state index in [1.807, 2.05) is 0 Å². The van der Waals surface area contributed by atoms with E-state index in [4.69, 9.17) is 0 Å². The van der Waals surface area contributed by atoms with Crippen LogP contribution in [0.5, 0.6) is 0 Å². The molecule has 0 aliphatic carbocycles. The van der Waals surface area contributed by atoms with E-state index in [0.29, 0.717) is 0 Å². The van der Waals surface area contributed by atoms with Crippen LogP contribution < -0.4 is 10.2 Å². The van der Waals surface area contributed by atoms with Crippen LogP contribution in [0.3, 0.4) is 0 Å². The van der Waals surface area contributed by atoms with Crippen molar-refractivity contribution in [3.63, 3.8) is 0 Å². The standard InChI is InChI=1S/C17H26FN3/c1-14-2-3-16(13-20-8-5-19-6-9-20)17(10-14)21-7-4-15(11-18)12-21/h2-3,10,15,19H,4-9,11-13H2,1H3/t15-/m1/s1. The first-order chi connectivity index (χ1) is 10.3. The molecule has 0 unspecified atom stereocenters. The smallest absolute Gasteiger partial charge is 0.0940 e. The van der Waals surface area contributed by atoms with Crippen molar-refractivity contribution in [2.45, 2.75) is 19.9 Å². The van der Waals surface area contributed by atoms with E-state index in [0.717, 1.165) is 52.2 Å². The molecule has 1 N–H and O–H groups in total. The minimum absolute atomic E-state index is 0.185. The molecule has 0 saturated carbocycles. The van der Waals surface area contributed by atoms with E-state index in [-0.39, 0.29) is 12.6 Å². The Morgan fingerprint density at radius 1 is 1.24 bits per heavy atom. The van der Waals surface area contributed by atoms with Gasteiger partial charge in [-0.15, -0.1) is 0 Å². The lowest BCUT2D eigenvalue weighted by Crippen LogP contribution is -2.43. The van der Waals surface area contributed by atoms with Crippen LogP contribution in [0, 0.1) is 12.8 Å². The molecule has 0 bridgehead atoms. The fourth-order valence-corrected chi connectivity index (χ4v) is 3.39. The van der Waals surface area contributed by atoms with E-state index in [9.17, 15) is 4.39 Å². The van der Waals surface area contributed by atoms with Gasteiger partial charge in [-0.1, -0.05) is 12.1 Å². The van der Waals surface area contributed by atoms with Gasteiger partial charge in [0.1, 0.15) is 0 Å². The van der Waals surface area contributed by atoms with Gasteiger partial charge < -0.3 is 10.2 Å². The number of rotatable bonds is 4. The Bertz CT molecular complexity index is 471. The highest BCUT2D eigenvalue weighted by Gasteiger charge is 2.24. The van der Waals surface area contributed by atoms with E-state index < -0.39 is 0 Å². The Morgan fingerprint density at radius 3 is 2.76 bits per heavy atom. The summed E-state index contributed by atoms with van der Waals surface area (Å²) < 4.78 is 12.9. The zero-order valence-corrected chi connectivity index (χ0v) is 12.9. The van der Waals surface area contributed by atoms with Gasteiger partial charge in [-0.2, -0.15) is 0 Å². The van der Waals surface area contributed by atoms with E-state index >= 15 is 0 Å².